The highest BCUT2D eigenvalue weighted by molar-refractivity contribution is 5.85. The maximum absolute atomic E-state index is 12.7. The number of piperidine rings is 1. The quantitative estimate of drug-likeness (QED) is 0.890. The second-order valence-corrected chi connectivity index (χ2v) is 6.93. The number of likely N-dealkylation sites (tertiary alicyclic amines) is 1. The van der Waals surface area contributed by atoms with Crippen molar-refractivity contribution in [3.8, 4) is 0 Å². The Morgan fingerprint density at radius 3 is 2.48 bits per heavy atom. The van der Waals surface area contributed by atoms with Gasteiger partial charge in [0, 0.05) is 25.7 Å². The van der Waals surface area contributed by atoms with Crippen LogP contribution in [-0.4, -0.2) is 71.7 Å². The summed E-state index contributed by atoms with van der Waals surface area (Å²) in [5.74, 6) is -1.01. The summed E-state index contributed by atoms with van der Waals surface area (Å²) in [5, 5.41) is 9.64. The van der Waals surface area contributed by atoms with Crippen LogP contribution in [0.15, 0.2) is 24.3 Å². The second kappa shape index (κ2) is 7.97. The molecule has 2 heterocycles. The van der Waals surface area contributed by atoms with Crippen molar-refractivity contribution in [2.24, 2.45) is 0 Å². The first-order valence-electron chi connectivity index (χ1n) is 8.94. The lowest BCUT2D eigenvalue weighted by molar-refractivity contribution is -0.153. The minimum absolute atomic E-state index is 0.100. The van der Waals surface area contributed by atoms with E-state index < -0.39 is 12.0 Å². The Labute approximate surface area is 148 Å². The summed E-state index contributed by atoms with van der Waals surface area (Å²) in [5.41, 5.74) is 2.07. The number of carbonyl (C=O) groups excluding carboxylic acids is 1. The Morgan fingerprint density at radius 1 is 1.16 bits per heavy atom. The zero-order valence-corrected chi connectivity index (χ0v) is 14.7. The molecule has 2 aliphatic heterocycles. The van der Waals surface area contributed by atoms with Crippen molar-refractivity contribution >= 4 is 11.9 Å². The lowest BCUT2D eigenvalue weighted by atomic mass is 9.94. The number of carboxylic acid groups (broad SMARTS) is 1. The molecule has 25 heavy (non-hydrogen) atoms. The Bertz CT molecular complexity index is 610. The molecule has 1 aromatic carbocycles. The fourth-order valence-corrected chi connectivity index (χ4v) is 3.74. The van der Waals surface area contributed by atoms with Crippen molar-refractivity contribution in [2.45, 2.75) is 38.3 Å². The summed E-state index contributed by atoms with van der Waals surface area (Å²) in [4.78, 5) is 28.3. The highest BCUT2D eigenvalue weighted by Gasteiger charge is 2.38. The molecule has 0 unspecified atom stereocenters. The van der Waals surface area contributed by atoms with Gasteiger partial charge in [-0.25, -0.2) is 4.79 Å². The first-order valence-corrected chi connectivity index (χ1v) is 8.94. The van der Waals surface area contributed by atoms with E-state index in [0.29, 0.717) is 26.2 Å². The summed E-state index contributed by atoms with van der Waals surface area (Å²) >= 11 is 0. The molecule has 2 fully saturated rings. The molecule has 6 heteroatoms. The number of benzene rings is 1. The van der Waals surface area contributed by atoms with E-state index in [2.05, 4.69) is 4.90 Å². The number of aryl methyl sites for hydroxylation is 1. The molecule has 2 aliphatic rings. The maximum atomic E-state index is 12.7. The van der Waals surface area contributed by atoms with Crippen LogP contribution in [0.25, 0.3) is 0 Å². The summed E-state index contributed by atoms with van der Waals surface area (Å²) < 4.78 is 5.38. The van der Waals surface area contributed by atoms with Gasteiger partial charge < -0.3 is 14.7 Å². The van der Waals surface area contributed by atoms with Gasteiger partial charge in [-0.05, 0) is 25.3 Å². The van der Waals surface area contributed by atoms with Crippen molar-refractivity contribution in [1.82, 2.24) is 9.80 Å². The molecular formula is C19H26N2O4. The number of nitrogens with zero attached hydrogens (tertiary/aromatic N) is 2. The van der Waals surface area contributed by atoms with E-state index in [1.54, 1.807) is 4.90 Å². The number of hydrogen-bond acceptors (Lipinski definition) is 4. The van der Waals surface area contributed by atoms with Crippen LogP contribution < -0.4 is 0 Å². The summed E-state index contributed by atoms with van der Waals surface area (Å²) in [6.45, 7) is 5.59. The molecule has 0 aliphatic carbocycles. The van der Waals surface area contributed by atoms with Crippen LogP contribution in [0.2, 0.25) is 0 Å². The molecule has 2 saturated heterocycles. The van der Waals surface area contributed by atoms with E-state index in [1.807, 2.05) is 31.2 Å². The van der Waals surface area contributed by atoms with Gasteiger partial charge in [0.1, 0.15) is 6.04 Å². The van der Waals surface area contributed by atoms with Gasteiger partial charge in [-0.1, -0.05) is 29.8 Å². The molecule has 6 nitrogen and oxygen atoms in total. The Balaban J connectivity index is 1.65. The first kappa shape index (κ1) is 17.9. The number of amides is 1. The largest absolute Gasteiger partial charge is 0.480 e. The Kier molecular flexibility index (Phi) is 5.71. The molecule has 1 aromatic rings. The molecule has 0 saturated carbocycles. The number of carboxylic acids is 1. The third-order valence-corrected chi connectivity index (χ3v) is 5.22. The SMILES string of the molecule is Cc1ccc(CC(=O)N2CC[C@H](N3CCOCC3)C[C@@H]2C(=O)O)cc1. The lowest BCUT2D eigenvalue weighted by Crippen LogP contribution is -2.56. The number of ether oxygens (including phenoxy) is 1. The summed E-state index contributed by atoms with van der Waals surface area (Å²) in [7, 11) is 0. The molecule has 0 aromatic heterocycles. The second-order valence-electron chi connectivity index (χ2n) is 6.93. The molecule has 0 spiro atoms. The van der Waals surface area contributed by atoms with Crippen LogP contribution in [-0.2, 0) is 20.7 Å². The van der Waals surface area contributed by atoms with Gasteiger partial charge in [0.15, 0.2) is 0 Å². The van der Waals surface area contributed by atoms with E-state index in [9.17, 15) is 14.7 Å². The van der Waals surface area contributed by atoms with Crippen LogP contribution in [0.5, 0.6) is 0 Å². The zero-order chi connectivity index (χ0) is 17.8. The highest BCUT2D eigenvalue weighted by atomic mass is 16.5. The third-order valence-electron chi connectivity index (χ3n) is 5.22. The van der Waals surface area contributed by atoms with E-state index in [4.69, 9.17) is 4.74 Å². The molecule has 136 valence electrons. The van der Waals surface area contributed by atoms with Crippen LogP contribution >= 0.6 is 0 Å². The summed E-state index contributed by atoms with van der Waals surface area (Å²) in [6, 6.07) is 7.30. The van der Waals surface area contributed by atoms with Crippen molar-refractivity contribution in [2.75, 3.05) is 32.8 Å². The predicted molar refractivity (Wildman–Crippen MR) is 93.4 cm³/mol. The van der Waals surface area contributed by atoms with E-state index >= 15 is 0 Å². The summed E-state index contributed by atoms with van der Waals surface area (Å²) in [6.07, 6.45) is 1.57. The van der Waals surface area contributed by atoms with Gasteiger partial charge in [-0.15, -0.1) is 0 Å². The van der Waals surface area contributed by atoms with E-state index in [-0.39, 0.29) is 18.4 Å². The van der Waals surface area contributed by atoms with Crippen LogP contribution in [0.3, 0.4) is 0 Å². The van der Waals surface area contributed by atoms with Crippen LogP contribution in [0.1, 0.15) is 24.0 Å². The van der Waals surface area contributed by atoms with Gasteiger partial charge in [0.2, 0.25) is 5.91 Å². The topological polar surface area (TPSA) is 70.1 Å². The average Bonchev–Trinajstić information content (AvgIpc) is 2.63. The van der Waals surface area contributed by atoms with Gasteiger partial charge in [0.25, 0.3) is 0 Å². The van der Waals surface area contributed by atoms with Crippen LogP contribution in [0, 0.1) is 6.92 Å². The first-order chi connectivity index (χ1) is 12.0. The van der Waals surface area contributed by atoms with Crippen molar-refractivity contribution in [3.05, 3.63) is 35.4 Å². The number of aliphatic carboxylic acids is 1. The third kappa shape index (κ3) is 4.38. The standard InChI is InChI=1S/C19H26N2O4/c1-14-2-4-15(5-3-14)12-18(22)21-7-6-16(13-17(21)19(23)24)20-8-10-25-11-9-20/h2-5,16-17H,6-13H2,1H3,(H,23,24)/t16-,17+/m0/s1. The number of carbonyl (C=O) groups is 2. The lowest BCUT2D eigenvalue weighted by Gasteiger charge is -2.43. The van der Waals surface area contributed by atoms with Gasteiger partial charge in [0.05, 0.1) is 19.6 Å². The van der Waals surface area contributed by atoms with E-state index in [0.717, 1.165) is 30.6 Å². The van der Waals surface area contributed by atoms with Crippen molar-refractivity contribution in [3.63, 3.8) is 0 Å². The Morgan fingerprint density at radius 2 is 1.84 bits per heavy atom. The molecular weight excluding hydrogens is 320 g/mol. The fourth-order valence-electron chi connectivity index (χ4n) is 3.74. The van der Waals surface area contributed by atoms with Crippen LogP contribution in [0.4, 0.5) is 0 Å². The molecule has 3 rings (SSSR count). The van der Waals surface area contributed by atoms with Gasteiger partial charge in [-0.3, -0.25) is 9.69 Å². The minimum atomic E-state index is -0.907. The maximum Gasteiger partial charge on any atom is 0.326 e. The highest BCUT2D eigenvalue weighted by Crippen LogP contribution is 2.24. The zero-order valence-electron chi connectivity index (χ0n) is 14.7. The molecule has 0 radical (unpaired) electrons. The molecule has 1 N–H and O–H groups in total. The normalized spacial score (nSPS) is 24.9. The fraction of sp³-hybridized carbons (Fsp3) is 0.579. The molecule has 1 amide bonds. The molecule has 2 atom stereocenters. The number of hydrogen-bond donors (Lipinski definition) is 1. The Hall–Kier alpha value is -1.92. The monoisotopic (exact) mass is 346 g/mol. The predicted octanol–water partition coefficient (Wildman–Crippen LogP) is 1.31. The smallest absolute Gasteiger partial charge is 0.326 e. The number of rotatable bonds is 4. The van der Waals surface area contributed by atoms with Gasteiger partial charge >= 0.3 is 5.97 Å². The van der Waals surface area contributed by atoms with E-state index in [1.165, 1.54) is 0 Å². The van der Waals surface area contributed by atoms with Crippen molar-refractivity contribution < 1.29 is 19.4 Å². The molecule has 0 bridgehead atoms. The minimum Gasteiger partial charge on any atom is -0.480 e. The average molecular weight is 346 g/mol. The van der Waals surface area contributed by atoms with Gasteiger partial charge in [-0.2, -0.15) is 0 Å². The van der Waals surface area contributed by atoms with Crippen molar-refractivity contribution in [1.29, 1.82) is 0 Å². The number of morpholine rings is 1.